The molecule has 1 aliphatic heterocycles. The smallest absolute Gasteiger partial charge is 0.307 e. The summed E-state index contributed by atoms with van der Waals surface area (Å²) in [6, 6.07) is 0. The number of sulfonamides is 1. The Balaban J connectivity index is 2.46. The molecule has 0 spiro atoms. The Labute approximate surface area is 102 Å². The van der Waals surface area contributed by atoms with Gasteiger partial charge in [-0.1, -0.05) is 0 Å². The third-order valence-electron chi connectivity index (χ3n) is 2.69. The van der Waals surface area contributed by atoms with E-state index in [1.807, 2.05) is 13.8 Å². The van der Waals surface area contributed by atoms with Crippen molar-refractivity contribution in [3.63, 3.8) is 0 Å². The monoisotopic (exact) mass is 265 g/mol. The summed E-state index contributed by atoms with van der Waals surface area (Å²) in [5.41, 5.74) is 0. The van der Waals surface area contributed by atoms with Gasteiger partial charge in [-0.15, -0.1) is 0 Å². The van der Waals surface area contributed by atoms with Gasteiger partial charge in [-0.25, -0.2) is 12.7 Å². The van der Waals surface area contributed by atoms with Gasteiger partial charge in [-0.05, 0) is 20.3 Å². The number of rotatable bonds is 6. The number of aliphatic carboxylic acids is 1. The lowest BCUT2D eigenvalue weighted by molar-refractivity contribution is -0.141. The maximum Gasteiger partial charge on any atom is 0.307 e. The van der Waals surface area contributed by atoms with Crippen LogP contribution in [0.25, 0.3) is 0 Å². The van der Waals surface area contributed by atoms with Crippen LogP contribution in [0.15, 0.2) is 0 Å². The zero-order valence-electron chi connectivity index (χ0n) is 10.1. The van der Waals surface area contributed by atoms with Crippen molar-refractivity contribution in [3.05, 3.63) is 0 Å². The normalized spacial score (nSPS) is 22.2. The van der Waals surface area contributed by atoms with Gasteiger partial charge in [0.1, 0.15) is 0 Å². The van der Waals surface area contributed by atoms with Gasteiger partial charge in [0.25, 0.3) is 0 Å². The summed E-state index contributed by atoms with van der Waals surface area (Å²) < 4.78 is 30.1. The van der Waals surface area contributed by atoms with E-state index < -0.39 is 21.9 Å². The van der Waals surface area contributed by atoms with E-state index in [4.69, 9.17) is 9.84 Å². The van der Waals surface area contributed by atoms with Crippen molar-refractivity contribution in [2.24, 2.45) is 5.92 Å². The van der Waals surface area contributed by atoms with Crippen LogP contribution in [0.3, 0.4) is 0 Å². The molecule has 0 aliphatic carbocycles. The van der Waals surface area contributed by atoms with Crippen LogP contribution in [0.1, 0.15) is 20.3 Å². The Morgan fingerprint density at radius 1 is 1.53 bits per heavy atom. The van der Waals surface area contributed by atoms with Crippen LogP contribution in [0.2, 0.25) is 0 Å². The molecule has 1 fully saturated rings. The van der Waals surface area contributed by atoms with Crippen LogP contribution in [0.4, 0.5) is 0 Å². The van der Waals surface area contributed by atoms with Crippen molar-refractivity contribution in [3.8, 4) is 0 Å². The average Bonchev–Trinajstić information content (AvgIpc) is 2.65. The fourth-order valence-corrected chi connectivity index (χ4v) is 3.06. The number of carboxylic acid groups (broad SMARTS) is 1. The minimum Gasteiger partial charge on any atom is -0.481 e. The number of hydrogen-bond acceptors (Lipinski definition) is 4. The summed E-state index contributed by atoms with van der Waals surface area (Å²) in [5, 5.41) is 8.80. The molecule has 0 radical (unpaired) electrons. The van der Waals surface area contributed by atoms with E-state index in [0.29, 0.717) is 13.0 Å². The first kappa shape index (κ1) is 14.4. The Kier molecular flexibility index (Phi) is 4.91. The molecule has 1 N–H and O–H groups in total. The predicted molar refractivity (Wildman–Crippen MR) is 62.2 cm³/mol. The highest BCUT2D eigenvalue weighted by molar-refractivity contribution is 7.89. The van der Waals surface area contributed by atoms with Crippen LogP contribution in [0, 0.1) is 5.92 Å². The van der Waals surface area contributed by atoms with Gasteiger partial charge in [0.15, 0.2) is 0 Å². The Hall–Kier alpha value is -0.660. The molecule has 0 unspecified atom stereocenters. The van der Waals surface area contributed by atoms with E-state index in [9.17, 15) is 13.2 Å². The third kappa shape index (κ3) is 4.25. The third-order valence-corrected chi connectivity index (χ3v) is 4.49. The zero-order valence-corrected chi connectivity index (χ0v) is 10.9. The summed E-state index contributed by atoms with van der Waals surface area (Å²) >= 11 is 0. The standard InChI is InChI=1S/C10H19NO5S/c1-8(2)16-5-6-17(14,15)11-4-3-9(7-11)10(12)13/h8-9H,3-7H2,1-2H3,(H,12,13)/t9-/m0/s1. The minimum absolute atomic E-state index is 0.00412. The van der Waals surface area contributed by atoms with Crippen molar-refractivity contribution >= 4 is 16.0 Å². The van der Waals surface area contributed by atoms with Crippen LogP contribution in [0.5, 0.6) is 0 Å². The summed E-state index contributed by atoms with van der Waals surface area (Å²) in [4.78, 5) is 10.7. The largest absolute Gasteiger partial charge is 0.481 e. The highest BCUT2D eigenvalue weighted by Crippen LogP contribution is 2.19. The van der Waals surface area contributed by atoms with Gasteiger partial charge in [0, 0.05) is 13.1 Å². The van der Waals surface area contributed by atoms with Crippen molar-refractivity contribution in [1.82, 2.24) is 4.31 Å². The van der Waals surface area contributed by atoms with Crippen LogP contribution < -0.4 is 0 Å². The van der Waals surface area contributed by atoms with Gasteiger partial charge >= 0.3 is 5.97 Å². The SMILES string of the molecule is CC(C)OCCS(=O)(=O)N1CC[C@H](C(=O)O)C1. The molecule has 1 heterocycles. The topological polar surface area (TPSA) is 83.9 Å². The molecule has 6 nitrogen and oxygen atoms in total. The second kappa shape index (κ2) is 5.79. The number of ether oxygens (including phenoxy) is 1. The van der Waals surface area contributed by atoms with Gasteiger partial charge in [-0.2, -0.15) is 0 Å². The van der Waals surface area contributed by atoms with Crippen LogP contribution in [-0.4, -0.2) is 55.4 Å². The first-order valence-corrected chi connectivity index (χ1v) is 7.26. The second-order valence-corrected chi connectivity index (χ2v) is 6.51. The zero-order chi connectivity index (χ0) is 13.1. The molecule has 1 rings (SSSR count). The Morgan fingerprint density at radius 2 is 2.18 bits per heavy atom. The molecule has 100 valence electrons. The lowest BCUT2D eigenvalue weighted by Gasteiger charge is -2.16. The molecule has 1 aliphatic rings. The maximum absolute atomic E-state index is 11.8. The van der Waals surface area contributed by atoms with E-state index in [0.717, 1.165) is 0 Å². The molecule has 0 amide bonds. The number of hydrogen-bond donors (Lipinski definition) is 1. The molecular weight excluding hydrogens is 246 g/mol. The molecule has 1 atom stereocenters. The molecule has 0 aromatic heterocycles. The minimum atomic E-state index is -3.38. The van der Waals surface area contributed by atoms with E-state index in [2.05, 4.69) is 0 Å². The fraction of sp³-hybridized carbons (Fsp3) is 0.900. The van der Waals surface area contributed by atoms with Crippen LogP contribution >= 0.6 is 0 Å². The van der Waals surface area contributed by atoms with Crippen molar-refractivity contribution in [2.75, 3.05) is 25.4 Å². The van der Waals surface area contributed by atoms with Crippen molar-refractivity contribution in [1.29, 1.82) is 0 Å². The number of nitrogens with zero attached hydrogens (tertiary/aromatic N) is 1. The van der Waals surface area contributed by atoms with E-state index in [-0.39, 0.29) is 25.0 Å². The van der Waals surface area contributed by atoms with Gasteiger partial charge < -0.3 is 9.84 Å². The lowest BCUT2D eigenvalue weighted by atomic mass is 10.1. The average molecular weight is 265 g/mol. The molecule has 0 bridgehead atoms. The van der Waals surface area contributed by atoms with Crippen LogP contribution in [-0.2, 0) is 19.6 Å². The summed E-state index contributed by atoms with van der Waals surface area (Å²) in [5.74, 6) is -1.59. The Bertz CT molecular complexity index is 365. The summed E-state index contributed by atoms with van der Waals surface area (Å²) in [6.07, 6.45) is 0.384. The summed E-state index contributed by atoms with van der Waals surface area (Å²) in [7, 11) is -3.38. The van der Waals surface area contributed by atoms with E-state index >= 15 is 0 Å². The molecular formula is C10H19NO5S. The first-order chi connectivity index (χ1) is 7.83. The molecule has 7 heteroatoms. The lowest BCUT2D eigenvalue weighted by Crippen LogP contribution is -2.33. The highest BCUT2D eigenvalue weighted by atomic mass is 32.2. The molecule has 0 saturated carbocycles. The molecule has 0 aromatic rings. The number of carboxylic acids is 1. The van der Waals surface area contributed by atoms with Crippen molar-refractivity contribution < 1.29 is 23.1 Å². The molecule has 1 saturated heterocycles. The first-order valence-electron chi connectivity index (χ1n) is 5.65. The van der Waals surface area contributed by atoms with Crippen molar-refractivity contribution in [2.45, 2.75) is 26.4 Å². The molecule has 17 heavy (non-hydrogen) atoms. The van der Waals surface area contributed by atoms with Gasteiger partial charge in [-0.3, -0.25) is 4.79 Å². The highest BCUT2D eigenvalue weighted by Gasteiger charge is 2.34. The Morgan fingerprint density at radius 3 is 2.65 bits per heavy atom. The predicted octanol–water partition coefficient (Wildman–Crippen LogP) is 0.148. The van der Waals surface area contributed by atoms with Gasteiger partial charge in [0.2, 0.25) is 10.0 Å². The number of carbonyl (C=O) groups is 1. The van der Waals surface area contributed by atoms with E-state index in [1.165, 1.54) is 4.31 Å². The maximum atomic E-state index is 11.8. The molecule has 0 aromatic carbocycles. The fourth-order valence-electron chi connectivity index (χ4n) is 1.70. The van der Waals surface area contributed by atoms with Gasteiger partial charge in [0.05, 0.1) is 24.4 Å². The van der Waals surface area contributed by atoms with E-state index in [1.54, 1.807) is 0 Å². The quantitative estimate of drug-likeness (QED) is 0.739. The second-order valence-electron chi connectivity index (χ2n) is 4.42. The summed E-state index contributed by atoms with van der Waals surface area (Å²) in [6.45, 7) is 4.19.